The summed E-state index contributed by atoms with van der Waals surface area (Å²) in [6.07, 6.45) is -0.173. The Morgan fingerprint density at radius 1 is 1.50 bits per heavy atom. The van der Waals surface area contributed by atoms with E-state index in [1.165, 1.54) is 0 Å². The molecule has 0 saturated heterocycles. The molecule has 10 heavy (non-hydrogen) atoms. The van der Waals surface area contributed by atoms with E-state index >= 15 is 0 Å². The van der Waals surface area contributed by atoms with Gasteiger partial charge in [0.25, 0.3) is 0 Å². The summed E-state index contributed by atoms with van der Waals surface area (Å²) in [4.78, 5) is 10.4. The summed E-state index contributed by atoms with van der Waals surface area (Å²) in [5, 5.41) is 8.20. The molecule has 0 rings (SSSR count). The number of aliphatic hydroxyl groups is 1. The smallest absolute Gasteiger partial charge is 0.340 e. The van der Waals surface area contributed by atoms with Crippen LogP contribution in [-0.4, -0.2) is 21.7 Å². The van der Waals surface area contributed by atoms with Gasteiger partial charge < -0.3 is 9.84 Å². The van der Waals surface area contributed by atoms with Crippen LogP contribution in [0.1, 0.15) is 6.42 Å². The highest BCUT2D eigenvalue weighted by molar-refractivity contribution is 6.66. The van der Waals surface area contributed by atoms with Gasteiger partial charge in [-0.25, -0.2) is 0 Å². The summed E-state index contributed by atoms with van der Waals surface area (Å²) in [6, 6.07) is 0. The van der Waals surface area contributed by atoms with Crippen LogP contribution in [0.2, 0.25) is 0 Å². The summed E-state index contributed by atoms with van der Waals surface area (Å²) >= 11 is 15.2. The lowest BCUT2D eigenvalue weighted by atomic mass is 10.5. The molecule has 0 aromatic heterocycles. The highest BCUT2D eigenvalue weighted by Crippen LogP contribution is 2.27. The Kier molecular flexibility index (Phi) is 4.36. The molecule has 0 heterocycles. The quantitative estimate of drug-likeness (QED) is 0.547. The highest BCUT2D eigenvalue weighted by atomic mass is 35.6. The Hall–Kier alpha value is 0.300. The van der Waals surface area contributed by atoms with E-state index in [-0.39, 0.29) is 13.0 Å². The van der Waals surface area contributed by atoms with Crippen molar-refractivity contribution in [1.82, 2.24) is 0 Å². The Bertz CT molecular complexity index is 119. The van der Waals surface area contributed by atoms with Crippen LogP contribution in [0.4, 0.5) is 0 Å². The summed E-state index contributed by atoms with van der Waals surface area (Å²) in [5.41, 5.74) is 0. The first-order valence-electron chi connectivity index (χ1n) is 2.35. The first kappa shape index (κ1) is 10.3. The first-order valence-corrected chi connectivity index (χ1v) is 3.48. The minimum atomic E-state index is -2.02. The average Bonchev–Trinajstić information content (AvgIpc) is 1.59. The predicted molar refractivity (Wildman–Crippen MR) is 38.1 cm³/mol. The average molecular weight is 207 g/mol. The maximum atomic E-state index is 10.4. The van der Waals surface area contributed by atoms with Crippen LogP contribution in [0.5, 0.6) is 0 Å². The van der Waals surface area contributed by atoms with Gasteiger partial charge in [-0.2, -0.15) is 0 Å². The van der Waals surface area contributed by atoms with Gasteiger partial charge in [0.15, 0.2) is 0 Å². The van der Waals surface area contributed by atoms with E-state index in [1.807, 2.05) is 0 Å². The van der Waals surface area contributed by atoms with E-state index in [9.17, 15) is 4.79 Å². The van der Waals surface area contributed by atoms with Gasteiger partial charge in [-0.1, -0.05) is 0 Å². The zero-order chi connectivity index (χ0) is 8.20. The van der Waals surface area contributed by atoms with Crippen molar-refractivity contribution in [3.8, 4) is 0 Å². The summed E-state index contributed by atoms with van der Waals surface area (Å²) < 4.78 is 2.15. The van der Waals surface area contributed by atoms with Gasteiger partial charge >= 0.3 is 9.95 Å². The van der Waals surface area contributed by atoms with Crippen molar-refractivity contribution in [3.63, 3.8) is 0 Å². The second kappa shape index (κ2) is 4.23. The summed E-state index contributed by atoms with van der Waals surface area (Å²) in [5.74, 6) is -0.748. The molecule has 1 N–H and O–H groups in total. The van der Waals surface area contributed by atoms with Crippen molar-refractivity contribution >= 4 is 40.8 Å². The Morgan fingerprint density at radius 2 is 2.00 bits per heavy atom. The van der Waals surface area contributed by atoms with Gasteiger partial charge in [-0.3, -0.25) is 4.79 Å². The molecular formula is C4H5Cl3O3. The highest BCUT2D eigenvalue weighted by Gasteiger charge is 2.24. The third kappa shape index (κ3) is 6.42. The van der Waals surface area contributed by atoms with Crippen LogP contribution in [-0.2, 0) is 9.53 Å². The van der Waals surface area contributed by atoms with Crippen molar-refractivity contribution in [2.24, 2.45) is 0 Å². The molecule has 0 aromatic rings. The SMILES string of the molecule is O=C(CCO)OC(Cl)(Cl)Cl. The number of alkyl halides is 3. The molecule has 0 amide bonds. The number of carbonyl (C=O) groups is 1. The predicted octanol–water partition coefficient (Wildman–Crippen LogP) is 1.24. The van der Waals surface area contributed by atoms with Gasteiger partial charge in [-0.05, 0) is 34.8 Å². The Morgan fingerprint density at radius 3 is 2.30 bits per heavy atom. The minimum Gasteiger partial charge on any atom is -0.414 e. The van der Waals surface area contributed by atoms with Gasteiger partial charge in [0.2, 0.25) is 0 Å². The van der Waals surface area contributed by atoms with Crippen LogP contribution >= 0.6 is 34.8 Å². The molecule has 0 bridgehead atoms. The van der Waals surface area contributed by atoms with Crippen LogP contribution in [0, 0.1) is 0 Å². The van der Waals surface area contributed by atoms with E-state index in [0.29, 0.717) is 0 Å². The molecule has 0 spiro atoms. The number of halogens is 3. The third-order valence-corrected chi connectivity index (χ3v) is 0.777. The molecule has 0 fully saturated rings. The second-order valence-electron chi connectivity index (χ2n) is 1.39. The molecule has 0 aromatic carbocycles. The van der Waals surface area contributed by atoms with Gasteiger partial charge in [-0.15, -0.1) is 0 Å². The number of aliphatic hydroxyl groups excluding tert-OH is 1. The van der Waals surface area contributed by atoms with E-state index in [2.05, 4.69) is 4.74 Å². The number of hydrogen-bond donors (Lipinski definition) is 1. The van der Waals surface area contributed by atoms with Crippen LogP contribution in [0.15, 0.2) is 0 Å². The van der Waals surface area contributed by atoms with Crippen LogP contribution < -0.4 is 0 Å². The van der Waals surface area contributed by atoms with Crippen molar-refractivity contribution < 1.29 is 14.6 Å². The molecule has 0 aliphatic heterocycles. The van der Waals surface area contributed by atoms with Crippen molar-refractivity contribution in [1.29, 1.82) is 0 Å². The van der Waals surface area contributed by atoms with Crippen molar-refractivity contribution in [3.05, 3.63) is 0 Å². The second-order valence-corrected chi connectivity index (χ2v) is 3.57. The number of esters is 1. The van der Waals surface area contributed by atoms with Crippen LogP contribution in [0.3, 0.4) is 0 Å². The molecule has 0 aliphatic rings. The lowest BCUT2D eigenvalue weighted by Crippen LogP contribution is -2.16. The van der Waals surface area contributed by atoms with Crippen molar-refractivity contribution in [2.45, 2.75) is 10.4 Å². The lowest BCUT2D eigenvalue weighted by Gasteiger charge is -2.10. The zero-order valence-corrected chi connectivity index (χ0v) is 7.08. The van der Waals surface area contributed by atoms with E-state index in [0.717, 1.165) is 0 Å². The standard InChI is InChI=1S/C4H5Cl3O3/c5-4(6,7)10-3(9)1-2-8/h8H,1-2H2. The van der Waals surface area contributed by atoms with Crippen LogP contribution in [0.25, 0.3) is 0 Å². The number of hydrogen-bond acceptors (Lipinski definition) is 3. The largest absolute Gasteiger partial charge is 0.414 e. The van der Waals surface area contributed by atoms with Gasteiger partial charge in [0, 0.05) is 0 Å². The zero-order valence-electron chi connectivity index (χ0n) is 4.81. The molecule has 60 valence electrons. The minimum absolute atomic E-state index is 0.173. The summed E-state index contributed by atoms with van der Waals surface area (Å²) in [6.45, 7) is -0.320. The van der Waals surface area contributed by atoms with Crippen molar-refractivity contribution in [2.75, 3.05) is 6.61 Å². The molecule has 0 saturated carbocycles. The molecule has 0 atom stereocenters. The normalized spacial score (nSPS) is 11.2. The Labute approximate surface area is 72.8 Å². The third-order valence-electron chi connectivity index (χ3n) is 0.545. The number of ether oxygens (including phenoxy) is 1. The Balaban J connectivity index is 3.58. The fourth-order valence-electron chi connectivity index (χ4n) is 0.271. The molecule has 0 aliphatic carbocycles. The molecule has 3 nitrogen and oxygen atoms in total. The molecule has 0 radical (unpaired) electrons. The maximum Gasteiger partial charge on any atom is 0.340 e. The number of rotatable bonds is 2. The summed E-state index contributed by atoms with van der Waals surface area (Å²) in [7, 11) is 0. The lowest BCUT2D eigenvalue weighted by molar-refractivity contribution is -0.145. The molecule has 0 unspecified atom stereocenters. The fourth-order valence-corrected chi connectivity index (χ4v) is 0.530. The topological polar surface area (TPSA) is 46.5 Å². The van der Waals surface area contributed by atoms with Gasteiger partial charge in [0.05, 0.1) is 13.0 Å². The van der Waals surface area contributed by atoms with E-state index in [1.54, 1.807) is 0 Å². The number of carbonyl (C=O) groups excluding carboxylic acids is 1. The first-order chi connectivity index (χ1) is 4.45. The monoisotopic (exact) mass is 206 g/mol. The van der Waals surface area contributed by atoms with Gasteiger partial charge in [0.1, 0.15) is 0 Å². The molecule has 6 heteroatoms. The fraction of sp³-hybridized carbons (Fsp3) is 0.750. The molecular weight excluding hydrogens is 202 g/mol. The van der Waals surface area contributed by atoms with E-state index < -0.39 is 9.95 Å². The van der Waals surface area contributed by atoms with E-state index in [4.69, 9.17) is 39.9 Å². The maximum absolute atomic E-state index is 10.4.